The fraction of sp³-hybridized carbons (Fsp3) is 0.389. The molecule has 0 aliphatic carbocycles. The van der Waals surface area contributed by atoms with Crippen LogP contribution in [0.2, 0.25) is 0 Å². The summed E-state index contributed by atoms with van der Waals surface area (Å²) in [5.41, 5.74) is 2.43. The van der Waals surface area contributed by atoms with E-state index in [1.54, 1.807) is 12.1 Å². The lowest BCUT2D eigenvalue weighted by Gasteiger charge is -2.07. The van der Waals surface area contributed by atoms with Crippen LogP contribution in [-0.2, 0) is 16.1 Å². The number of carbonyl (C=O) groups excluding carboxylic acids is 3. The topological polar surface area (TPSA) is 90.5 Å². The Bertz CT molecular complexity index is 759. The Balaban J connectivity index is 1.76. The SMILES string of the molecule is CCn1c(C)cc(C(=O)COC(=O)CCNC(=O)c2ccco2)c1C. The number of amides is 1. The van der Waals surface area contributed by atoms with E-state index in [1.165, 1.54) is 12.3 Å². The molecule has 7 heteroatoms. The average Bonchev–Trinajstić information content (AvgIpc) is 3.21. The summed E-state index contributed by atoms with van der Waals surface area (Å²) < 4.78 is 12.0. The Morgan fingerprint density at radius 3 is 2.64 bits per heavy atom. The highest BCUT2D eigenvalue weighted by Crippen LogP contribution is 2.15. The van der Waals surface area contributed by atoms with Gasteiger partial charge in [-0.15, -0.1) is 0 Å². The van der Waals surface area contributed by atoms with E-state index in [0.29, 0.717) is 5.56 Å². The van der Waals surface area contributed by atoms with E-state index < -0.39 is 11.9 Å². The molecule has 0 bridgehead atoms. The number of ether oxygens (including phenoxy) is 1. The third kappa shape index (κ3) is 4.59. The van der Waals surface area contributed by atoms with Crippen LogP contribution < -0.4 is 5.32 Å². The van der Waals surface area contributed by atoms with Crippen molar-refractivity contribution in [2.75, 3.05) is 13.2 Å². The number of aryl methyl sites for hydroxylation is 1. The van der Waals surface area contributed by atoms with Gasteiger partial charge in [-0.2, -0.15) is 0 Å². The molecule has 2 heterocycles. The van der Waals surface area contributed by atoms with Gasteiger partial charge in [-0.25, -0.2) is 0 Å². The van der Waals surface area contributed by atoms with Crippen LogP contribution in [-0.4, -0.2) is 35.4 Å². The van der Waals surface area contributed by atoms with Gasteiger partial charge in [0.1, 0.15) is 0 Å². The van der Waals surface area contributed by atoms with E-state index in [1.807, 2.05) is 25.3 Å². The van der Waals surface area contributed by atoms with Gasteiger partial charge in [0.05, 0.1) is 12.7 Å². The van der Waals surface area contributed by atoms with Crippen LogP contribution in [0.3, 0.4) is 0 Å². The molecule has 0 aliphatic rings. The molecule has 7 nitrogen and oxygen atoms in total. The number of hydrogen-bond acceptors (Lipinski definition) is 5. The summed E-state index contributed by atoms with van der Waals surface area (Å²) in [7, 11) is 0. The summed E-state index contributed by atoms with van der Waals surface area (Å²) in [5.74, 6) is -1.01. The third-order valence-electron chi connectivity index (χ3n) is 3.91. The van der Waals surface area contributed by atoms with Crippen LogP contribution in [0, 0.1) is 13.8 Å². The molecule has 0 aliphatic heterocycles. The minimum Gasteiger partial charge on any atom is -0.459 e. The number of rotatable bonds is 8. The number of ketones is 1. The van der Waals surface area contributed by atoms with Crippen LogP contribution in [0.5, 0.6) is 0 Å². The minimum atomic E-state index is -0.544. The molecule has 1 amide bonds. The second kappa shape index (κ2) is 8.32. The summed E-state index contributed by atoms with van der Waals surface area (Å²) in [6.07, 6.45) is 1.37. The van der Waals surface area contributed by atoms with Crippen molar-refractivity contribution in [1.29, 1.82) is 0 Å². The van der Waals surface area contributed by atoms with E-state index in [0.717, 1.165) is 17.9 Å². The maximum Gasteiger partial charge on any atom is 0.308 e. The molecule has 2 aromatic rings. The smallest absolute Gasteiger partial charge is 0.308 e. The lowest BCUT2D eigenvalue weighted by Crippen LogP contribution is -2.26. The highest BCUT2D eigenvalue weighted by atomic mass is 16.5. The Labute approximate surface area is 145 Å². The maximum absolute atomic E-state index is 12.2. The van der Waals surface area contributed by atoms with E-state index >= 15 is 0 Å². The molecule has 0 saturated heterocycles. The highest BCUT2D eigenvalue weighted by Gasteiger charge is 2.17. The fourth-order valence-electron chi connectivity index (χ4n) is 2.64. The Morgan fingerprint density at radius 1 is 1.28 bits per heavy atom. The summed E-state index contributed by atoms with van der Waals surface area (Å²) in [5, 5.41) is 2.54. The normalized spacial score (nSPS) is 10.5. The number of carbonyl (C=O) groups is 3. The number of aromatic nitrogens is 1. The summed E-state index contributed by atoms with van der Waals surface area (Å²) in [4.78, 5) is 35.5. The van der Waals surface area contributed by atoms with Crippen LogP contribution in [0.1, 0.15) is 45.6 Å². The van der Waals surface area contributed by atoms with Gasteiger partial charge in [0.15, 0.2) is 12.4 Å². The van der Waals surface area contributed by atoms with E-state index in [4.69, 9.17) is 9.15 Å². The molecule has 1 N–H and O–H groups in total. The summed E-state index contributed by atoms with van der Waals surface area (Å²) >= 11 is 0. The number of Topliss-reactive ketones (excluding diaryl/α,β-unsaturated/α-hetero) is 1. The van der Waals surface area contributed by atoms with Gasteiger partial charge < -0.3 is 19.0 Å². The Hall–Kier alpha value is -2.83. The number of nitrogens with zero attached hydrogens (tertiary/aromatic N) is 1. The van der Waals surface area contributed by atoms with Gasteiger partial charge >= 0.3 is 5.97 Å². The van der Waals surface area contributed by atoms with Gasteiger partial charge in [-0.1, -0.05) is 0 Å². The molecule has 2 rings (SSSR count). The van der Waals surface area contributed by atoms with Crippen molar-refractivity contribution in [3.05, 3.63) is 47.2 Å². The van der Waals surface area contributed by atoms with Crippen LogP contribution >= 0.6 is 0 Å². The molecule has 0 fully saturated rings. The van der Waals surface area contributed by atoms with E-state index in [-0.39, 0.29) is 31.1 Å². The monoisotopic (exact) mass is 346 g/mol. The molecular weight excluding hydrogens is 324 g/mol. The molecule has 0 atom stereocenters. The average molecular weight is 346 g/mol. The Kier molecular flexibility index (Phi) is 6.16. The third-order valence-corrected chi connectivity index (χ3v) is 3.91. The molecule has 2 aromatic heterocycles. The first-order chi connectivity index (χ1) is 11.9. The van der Waals surface area contributed by atoms with Crippen molar-refractivity contribution in [2.45, 2.75) is 33.7 Å². The first-order valence-electron chi connectivity index (χ1n) is 8.11. The van der Waals surface area contributed by atoms with Gasteiger partial charge in [0.25, 0.3) is 5.91 Å². The zero-order valence-corrected chi connectivity index (χ0v) is 14.6. The largest absolute Gasteiger partial charge is 0.459 e. The van der Waals surface area contributed by atoms with Gasteiger partial charge in [0, 0.05) is 30.0 Å². The number of hydrogen-bond donors (Lipinski definition) is 1. The van der Waals surface area contributed by atoms with Gasteiger partial charge in [-0.05, 0) is 39.0 Å². The van der Waals surface area contributed by atoms with Crippen LogP contribution in [0.15, 0.2) is 28.9 Å². The van der Waals surface area contributed by atoms with Crippen LogP contribution in [0.4, 0.5) is 0 Å². The Morgan fingerprint density at radius 2 is 2.04 bits per heavy atom. The van der Waals surface area contributed by atoms with Crippen molar-refractivity contribution in [2.24, 2.45) is 0 Å². The van der Waals surface area contributed by atoms with Crippen molar-refractivity contribution in [3.8, 4) is 0 Å². The first-order valence-corrected chi connectivity index (χ1v) is 8.11. The van der Waals surface area contributed by atoms with Gasteiger partial charge in [0.2, 0.25) is 5.78 Å². The zero-order valence-electron chi connectivity index (χ0n) is 14.6. The van der Waals surface area contributed by atoms with Gasteiger partial charge in [-0.3, -0.25) is 14.4 Å². The predicted octanol–water partition coefficient (Wildman–Crippen LogP) is 2.26. The molecule has 0 spiro atoms. The van der Waals surface area contributed by atoms with Crippen molar-refractivity contribution >= 4 is 17.7 Å². The maximum atomic E-state index is 12.2. The highest BCUT2D eigenvalue weighted by molar-refractivity contribution is 5.99. The molecule has 134 valence electrons. The minimum absolute atomic E-state index is 0.0201. The second-order valence-electron chi connectivity index (χ2n) is 5.60. The standard InChI is InChI=1S/C18H22N2O5/c1-4-20-12(2)10-14(13(20)3)15(21)11-25-17(22)7-8-19-18(23)16-6-5-9-24-16/h5-6,9-10H,4,7-8,11H2,1-3H3,(H,19,23). The lowest BCUT2D eigenvalue weighted by molar-refractivity contribution is -0.142. The molecule has 25 heavy (non-hydrogen) atoms. The first kappa shape index (κ1) is 18.5. The molecule has 0 unspecified atom stereocenters. The quantitative estimate of drug-likeness (QED) is 0.585. The number of nitrogens with one attached hydrogen (secondary N) is 1. The molecule has 0 aromatic carbocycles. The van der Waals surface area contributed by atoms with E-state index in [9.17, 15) is 14.4 Å². The molecule has 0 radical (unpaired) electrons. The number of esters is 1. The summed E-state index contributed by atoms with van der Waals surface area (Å²) in [6, 6.07) is 4.93. The zero-order chi connectivity index (χ0) is 18.4. The van der Waals surface area contributed by atoms with Crippen LogP contribution in [0.25, 0.3) is 0 Å². The van der Waals surface area contributed by atoms with Crippen molar-refractivity contribution in [3.63, 3.8) is 0 Å². The predicted molar refractivity (Wildman–Crippen MR) is 90.5 cm³/mol. The second-order valence-corrected chi connectivity index (χ2v) is 5.60. The van der Waals surface area contributed by atoms with Crippen molar-refractivity contribution in [1.82, 2.24) is 9.88 Å². The molecular formula is C18H22N2O5. The van der Waals surface area contributed by atoms with E-state index in [2.05, 4.69) is 5.32 Å². The number of furan rings is 1. The lowest BCUT2D eigenvalue weighted by atomic mass is 10.1. The molecule has 0 saturated carbocycles. The summed E-state index contributed by atoms with van der Waals surface area (Å²) in [6.45, 7) is 6.39. The van der Waals surface area contributed by atoms with Crippen molar-refractivity contribution < 1.29 is 23.5 Å². The fourth-order valence-corrected chi connectivity index (χ4v) is 2.64.